The molecule has 0 spiro atoms. The molecule has 1 fully saturated rings. The molecule has 0 saturated carbocycles. The molecule has 2 N–H and O–H groups in total. The van der Waals surface area contributed by atoms with Crippen molar-refractivity contribution in [3.63, 3.8) is 0 Å². The van der Waals surface area contributed by atoms with Crippen molar-refractivity contribution in [3.05, 3.63) is 17.5 Å². The maximum Gasteiger partial charge on any atom is 0.320 e. The van der Waals surface area contributed by atoms with Crippen molar-refractivity contribution >= 4 is 5.97 Å². The Balaban J connectivity index is 2.02. The minimum absolute atomic E-state index is 0.251. The van der Waals surface area contributed by atoms with Crippen LogP contribution in [0.15, 0.2) is 6.07 Å². The molecule has 1 saturated heterocycles. The van der Waals surface area contributed by atoms with Crippen LogP contribution in [-0.2, 0) is 17.8 Å². The third-order valence-electron chi connectivity index (χ3n) is 3.52. The molecule has 1 aromatic heterocycles. The minimum atomic E-state index is -0.736. The molecule has 0 radical (unpaired) electrons. The Morgan fingerprint density at radius 3 is 3.06 bits per heavy atom. The van der Waals surface area contributed by atoms with Gasteiger partial charge in [-0.2, -0.15) is 5.10 Å². The lowest BCUT2D eigenvalue weighted by Gasteiger charge is -2.28. The number of aromatic nitrogens is 2. The summed E-state index contributed by atoms with van der Waals surface area (Å²) in [5.41, 5.74) is 2.22. The second kappa shape index (κ2) is 5.52. The Bertz CT molecular complexity index is 428. The van der Waals surface area contributed by atoms with Crippen LogP contribution in [0.25, 0.3) is 0 Å². The highest BCUT2D eigenvalue weighted by Crippen LogP contribution is 2.17. The van der Waals surface area contributed by atoms with Crippen molar-refractivity contribution in [2.24, 2.45) is 0 Å². The van der Waals surface area contributed by atoms with Crippen molar-refractivity contribution in [2.75, 3.05) is 0 Å². The van der Waals surface area contributed by atoms with E-state index in [0.29, 0.717) is 0 Å². The van der Waals surface area contributed by atoms with Crippen LogP contribution >= 0.6 is 0 Å². The largest absolute Gasteiger partial charge is 0.480 e. The van der Waals surface area contributed by atoms with E-state index in [1.165, 1.54) is 5.69 Å². The topological polar surface area (TPSA) is 67.2 Å². The molecule has 2 atom stereocenters. The predicted octanol–water partition coefficient (Wildman–Crippen LogP) is 1.35. The number of hydrogen-bond donors (Lipinski definition) is 2. The van der Waals surface area contributed by atoms with E-state index in [0.717, 1.165) is 37.9 Å². The molecule has 1 aliphatic heterocycles. The first-order valence-corrected chi connectivity index (χ1v) is 6.62. The number of hydrogen-bond acceptors (Lipinski definition) is 3. The molecule has 18 heavy (non-hydrogen) atoms. The monoisotopic (exact) mass is 251 g/mol. The van der Waals surface area contributed by atoms with E-state index in [2.05, 4.69) is 23.4 Å². The molecule has 5 nitrogen and oxygen atoms in total. The van der Waals surface area contributed by atoms with Gasteiger partial charge >= 0.3 is 5.97 Å². The summed E-state index contributed by atoms with van der Waals surface area (Å²) in [5, 5.41) is 16.7. The van der Waals surface area contributed by atoms with Crippen molar-refractivity contribution in [3.8, 4) is 0 Å². The van der Waals surface area contributed by atoms with Gasteiger partial charge in [0.25, 0.3) is 0 Å². The van der Waals surface area contributed by atoms with Gasteiger partial charge in [-0.15, -0.1) is 0 Å². The Hall–Kier alpha value is -1.36. The highest BCUT2D eigenvalue weighted by Gasteiger charge is 2.26. The number of aryl methyl sites for hydroxylation is 2. The second-order valence-electron chi connectivity index (χ2n) is 4.98. The molecule has 1 aromatic rings. The van der Waals surface area contributed by atoms with E-state index in [1.807, 2.05) is 11.6 Å². The quantitative estimate of drug-likeness (QED) is 0.847. The zero-order valence-electron chi connectivity index (χ0n) is 11.0. The average Bonchev–Trinajstić information content (AvgIpc) is 2.69. The van der Waals surface area contributed by atoms with Crippen molar-refractivity contribution < 1.29 is 9.90 Å². The first-order valence-electron chi connectivity index (χ1n) is 6.62. The Morgan fingerprint density at radius 2 is 2.39 bits per heavy atom. The Labute approximate surface area is 107 Å². The van der Waals surface area contributed by atoms with E-state index < -0.39 is 5.97 Å². The zero-order chi connectivity index (χ0) is 13.1. The van der Waals surface area contributed by atoms with Gasteiger partial charge in [0.05, 0.1) is 5.69 Å². The normalized spacial score (nSPS) is 24.1. The molecule has 2 unspecified atom stereocenters. The van der Waals surface area contributed by atoms with Crippen LogP contribution < -0.4 is 5.32 Å². The smallest absolute Gasteiger partial charge is 0.320 e. The molecule has 5 heteroatoms. The molecule has 0 amide bonds. The third kappa shape index (κ3) is 2.90. The molecule has 2 rings (SSSR count). The Kier molecular flexibility index (Phi) is 4.01. The van der Waals surface area contributed by atoms with E-state index in [1.54, 1.807) is 0 Å². The van der Waals surface area contributed by atoms with Crippen LogP contribution in [0.1, 0.15) is 37.6 Å². The summed E-state index contributed by atoms with van der Waals surface area (Å²) in [7, 11) is 0. The molecule has 2 heterocycles. The molecular formula is C13H21N3O2. The minimum Gasteiger partial charge on any atom is -0.480 e. The van der Waals surface area contributed by atoms with E-state index in [-0.39, 0.29) is 12.1 Å². The maximum absolute atomic E-state index is 11.0. The van der Waals surface area contributed by atoms with E-state index in [4.69, 9.17) is 5.11 Å². The first kappa shape index (κ1) is 13.1. The number of nitrogens with zero attached hydrogens (tertiary/aromatic N) is 2. The van der Waals surface area contributed by atoms with Crippen LogP contribution in [0.5, 0.6) is 0 Å². The lowest BCUT2D eigenvalue weighted by atomic mass is 9.95. The van der Waals surface area contributed by atoms with Gasteiger partial charge in [0.15, 0.2) is 0 Å². The summed E-state index contributed by atoms with van der Waals surface area (Å²) in [6.45, 7) is 4.92. The van der Waals surface area contributed by atoms with Crippen LogP contribution in [0.4, 0.5) is 0 Å². The number of carbonyl (C=O) groups is 1. The summed E-state index contributed by atoms with van der Waals surface area (Å²) >= 11 is 0. The maximum atomic E-state index is 11.0. The van der Waals surface area contributed by atoms with Gasteiger partial charge in [-0.3, -0.25) is 9.48 Å². The van der Waals surface area contributed by atoms with E-state index in [9.17, 15) is 4.79 Å². The number of piperidine rings is 1. The summed E-state index contributed by atoms with van der Waals surface area (Å²) in [5.74, 6) is -0.736. The second-order valence-corrected chi connectivity index (χ2v) is 4.98. The standard InChI is InChI=1S/C13H21N3O2/c1-3-16-11(7-9(2)15-16)8-10-5-4-6-12(14-10)13(17)18/h7,10,12,14H,3-6,8H2,1-2H3,(H,17,18). The van der Waals surface area contributed by atoms with Gasteiger partial charge in [-0.05, 0) is 39.2 Å². The fourth-order valence-corrected chi connectivity index (χ4v) is 2.66. The fourth-order valence-electron chi connectivity index (χ4n) is 2.66. The number of aliphatic carboxylic acids is 1. The molecule has 0 bridgehead atoms. The summed E-state index contributed by atoms with van der Waals surface area (Å²) < 4.78 is 2.00. The number of carboxylic acids is 1. The molecule has 1 aliphatic rings. The SMILES string of the molecule is CCn1nc(C)cc1CC1CCCC(C(=O)O)N1. The Morgan fingerprint density at radius 1 is 1.61 bits per heavy atom. The summed E-state index contributed by atoms with van der Waals surface area (Å²) in [4.78, 5) is 11.0. The van der Waals surface area contributed by atoms with Crippen LogP contribution in [0, 0.1) is 6.92 Å². The molecular weight excluding hydrogens is 230 g/mol. The molecule has 0 aliphatic carbocycles. The zero-order valence-corrected chi connectivity index (χ0v) is 11.0. The lowest BCUT2D eigenvalue weighted by Crippen LogP contribution is -2.47. The van der Waals surface area contributed by atoms with Gasteiger partial charge < -0.3 is 10.4 Å². The number of rotatable bonds is 4. The molecule has 100 valence electrons. The summed E-state index contributed by atoms with van der Waals surface area (Å²) in [6, 6.07) is 1.96. The third-order valence-corrected chi connectivity index (χ3v) is 3.52. The average molecular weight is 251 g/mol. The predicted molar refractivity (Wildman–Crippen MR) is 68.5 cm³/mol. The number of carboxylic acid groups (broad SMARTS) is 1. The van der Waals surface area contributed by atoms with Crippen LogP contribution in [0.3, 0.4) is 0 Å². The van der Waals surface area contributed by atoms with Crippen LogP contribution in [-0.4, -0.2) is 32.9 Å². The van der Waals surface area contributed by atoms with Crippen molar-refractivity contribution in [1.29, 1.82) is 0 Å². The fraction of sp³-hybridized carbons (Fsp3) is 0.692. The number of nitrogens with one attached hydrogen (secondary N) is 1. The van der Waals surface area contributed by atoms with Gasteiger partial charge in [0, 0.05) is 24.7 Å². The molecule has 0 aromatic carbocycles. The van der Waals surface area contributed by atoms with Gasteiger partial charge in [-0.25, -0.2) is 0 Å². The lowest BCUT2D eigenvalue weighted by molar-refractivity contribution is -0.140. The first-order chi connectivity index (χ1) is 8.60. The van der Waals surface area contributed by atoms with Gasteiger partial charge in [-0.1, -0.05) is 0 Å². The van der Waals surface area contributed by atoms with Gasteiger partial charge in [0.1, 0.15) is 6.04 Å². The van der Waals surface area contributed by atoms with Gasteiger partial charge in [0.2, 0.25) is 0 Å². The van der Waals surface area contributed by atoms with Crippen molar-refractivity contribution in [2.45, 2.75) is 58.2 Å². The highest BCUT2D eigenvalue weighted by atomic mass is 16.4. The van der Waals surface area contributed by atoms with Crippen molar-refractivity contribution in [1.82, 2.24) is 15.1 Å². The summed E-state index contributed by atoms with van der Waals surface area (Å²) in [6.07, 6.45) is 3.61. The van der Waals surface area contributed by atoms with E-state index >= 15 is 0 Å². The highest BCUT2D eigenvalue weighted by molar-refractivity contribution is 5.73. The van der Waals surface area contributed by atoms with Crippen LogP contribution in [0.2, 0.25) is 0 Å².